The van der Waals surface area contributed by atoms with E-state index in [0.29, 0.717) is 12.2 Å². The van der Waals surface area contributed by atoms with Gasteiger partial charge in [-0.25, -0.2) is 4.98 Å². The summed E-state index contributed by atoms with van der Waals surface area (Å²) < 4.78 is 2.10. The van der Waals surface area contributed by atoms with Gasteiger partial charge in [0, 0.05) is 24.9 Å². The molecule has 1 atom stereocenters. The van der Waals surface area contributed by atoms with Gasteiger partial charge in [-0.15, -0.1) is 10.2 Å². The predicted octanol–water partition coefficient (Wildman–Crippen LogP) is 2.48. The number of rotatable bonds is 3. The van der Waals surface area contributed by atoms with E-state index in [-0.39, 0.29) is 11.9 Å². The second kappa shape index (κ2) is 6.03. The zero-order valence-electron chi connectivity index (χ0n) is 13.6. The number of fused-ring (bicyclic) bond motifs is 1. The van der Waals surface area contributed by atoms with Crippen LogP contribution in [0.4, 0.5) is 0 Å². The molecule has 1 saturated heterocycles. The molecule has 3 aromatic rings. The average molecular weight is 321 g/mol. The number of carbonyl (C=O) groups excluding carboxylic acids is 1. The molecule has 0 radical (unpaired) electrons. The van der Waals surface area contributed by atoms with Crippen LogP contribution in [0.5, 0.6) is 0 Å². The number of aromatic nitrogens is 4. The Bertz CT molecular complexity index is 888. The van der Waals surface area contributed by atoms with Gasteiger partial charge >= 0.3 is 0 Å². The monoisotopic (exact) mass is 321 g/mol. The lowest BCUT2D eigenvalue weighted by Gasteiger charge is -2.17. The zero-order valence-corrected chi connectivity index (χ0v) is 13.6. The van der Waals surface area contributed by atoms with Gasteiger partial charge in [-0.1, -0.05) is 31.2 Å². The Labute approximate surface area is 140 Å². The molecule has 0 saturated carbocycles. The van der Waals surface area contributed by atoms with Gasteiger partial charge in [-0.3, -0.25) is 4.79 Å². The maximum atomic E-state index is 12.8. The quantitative estimate of drug-likeness (QED) is 0.743. The molecule has 24 heavy (non-hydrogen) atoms. The fourth-order valence-electron chi connectivity index (χ4n) is 3.33. The highest BCUT2D eigenvalue weighted by Crippen LogP contribution is 2.24. The minimum atomic E-state index is -0.00521. The van der Waals surface area contributed by atoms with Crippen molar-refractivity contribution in [2.75, 3.05) is 13.1 Å². The minimum absolute atomic E-state index is 0.00521. The van der Waals surface area contributed by atoms with Crippen LogP contribution in [0.2, 0.25) is 0 Å². The van der Waals surface area contributed by atoms with E-state index in [2.05, 4.69) is 26.7 Å². The molecular formula is C18H19N5O. The third-order valence-electron chi connectivity index (χ3n) is 4.62. The van der Waals surface area contributed by atoms with Crippen LogP contribution in [-0.4, -0.2) is 43.6 Å². The van der Waals surface area contributed by atoms with Gasteiger partial charge in [0.05, 0.1) is 11.6 Å². The Balaban J connectivity index is 1.54. The molecule has 1 aliphatic heterocycles. The number of carbonyl (C=O) groups is 1. The van der Waals surface area contributed by atoms with E-state index in [1.54, 1.807) is 6.33 Å². The van der Waals surface area contributed by atoms with Gasteiger partial charge < -0.3 is 9.47 Å². The van der Waals surface area contributed by atoms with Crippen molar-refractivity contribution < 1.29 is 4.79 Å². The number of likely N-dealkylation sites (tertiary alicyclic amines) is 1. The highest BCUT2D eigenvalue weighted by atomic mass is 16.2. The number of aryl methyl sites for hydroxylation is 1. The van der Waals surface area contributed by atoms with Crippen LogP contribution in [0.3, 0.4) is 0 Å². The first kappa shape index (κ1) is 14.8. The average Bonchev–Trinajstić information content (AvgIpc) is 3.29. The molecule has 2 aromatic heterocycles. The topological polar surface area (TPSA) is 63.9 Å². The molecule has 4 rings (SSSR count). The maximum absolute atomic E-state index is 12.8. The van der Waals surface area contributed by atoms with E-state index in [9.17, 15) is 4.79 Å². The molecule has 0 N–H and O–H groups in total. The van der Waals surface area contributed by atoms with Crippen molar-refractivity contribution in [2.24, 2.45) is 0 Å². The second-order valence-corrected chi connectivity index (χ2v) is 6.09. The first-order valence-corrected chi connectivity index (χ1v) is 8.29. The smallest absolute Gasteiger partial charge is 0.272 e. The molecule has 1 aliphatic rings. The number of pyridine rings is 1. The first-order valence-electron chi connectivity index (χ1n) is 8.29. The van der Waals surface area contributed by atoms with Crippen molar-refractivity contribution in [3.8, 4) is 0 Å². The highest BCUT2D eigenvalue weighted by Gasteiger charge is 2.29. The van der Waals surface area contributed by atoms with Crippen LogP contribution in [0, 0.1) is 0 Å². The van der Waals surface area contributed by atoms with Crippen LogP contribution >= 0.6 is 0 Å². The van der Waals surface area contributed by atoms with Crippen molar-refractivity contribution in [2.45, 2.75) is 25.8 Å². The Morgan fingerprint density at radius 1 is 1.25 bits per heavy atom. The van der Waals surface area contributed by atoms with E-state index < -0.39 is 0 Å². The Morgan fingerprint density at radius 2 is 2.12 bits per heavy atom. The van der Waals surface area contributed by atoms with Crippen molar-refractivity contribution >= 4 is 16.8 Å². The summed E-state index contributed by atoms with van der Waals surface area (Å²) in [5, 5.41) is 9.18. The largest absolute Gasteiger partial charge is 0.335 e. The molecule has 6 nitrogen and oxygen atoms in total. The Morgan fingerprint density at radius 3 is 3.00 bits per heavy atom. The van der Waals surface area contributed by atoms with Crippen LogP contribution in [0.1, 0.15) is 35.7 Å². The van der Waals surface area contributed by atoms with E-state index in [1.807, 2.05) is 41.3 Å². The standard InChI is InChI=1S/C18H19N5O/c1-2-17-21-19-12-23(17)14-9-10-22(11-14)18(24)16-8-7-13-5-3-4-6-15(13)20-16/h3-8,12,14H,2,9-11H2,1H3. The summed E-state index contributed by atoms with van der Waals surface area (Å²) in [5.74, 6) is 0.965. The molecule has 1 fully saturated rings. The summed E-state index contributed by atoms with van der Waals surface area (Å²) in [6, 6.07) is 11.9. The molecule has 3 heterocycles. The molecular weight excluding hydrogens is 302 g/mol. The summed E-state index contributed by atoms with van der Waals surface area (Å²) in [7, 11) is 0. The number of para-hydroxylation sites is 1. The molecule has 6 heteroatoms. The van der Waals surface area contributed by atoms with Crippen molar-refractivity contribution in [1.82, 2.24) is 24.6 Å². The normalized spacial score (nSPS) is 17.5. The fraction of sp³-hybridized carbons (Fsp3) is 0.333. The zero-order chi connectivity index (χ0) is 16.5. The predicted molar refractivity (Wildman–Crippen MR) is 90.7 cm³/mol. The van der Waals surface area contributed by atoms with E-state index in [1.165, 1.54) is 0 Å². The van der Waals surface area contributed by atoms with Crippen LogP contribution < -0.4 is 0 Å². The molecule has 1 unspecified atom stereocenters. The number of hydrogen-bond acceptors (Lipinski definition) is 4. The van der Waals surface area contributed by atoms with Gasteiger partial charge in [0.1, 0.15) is 17.8 Å². The third-order valence-corrected chi connectivity index (χ3v) is 4.62. The maximum Gasteiger partial charge on any atom is 0.272 e. The fourth-order valence-corrected chi connectivity index (χ4v) is 3.33. The summed E-state index contributed by atoms with van der Waals surface area (Å²) in [4.78, 5) is 19.2. The van der Waals surface area contributed by atoms with Gasteiger partial charge in [0.2, 0.25) is 0 Å². The van der Waals surface area contributed by atoms with Gasteiger partial charge in [-0.05, 0) is 18.6 Å². The molecule has 0 spiro atoms. The minimum Gasteiger partial charge on any atom is -0.335 e. The van der Waals surface area contributed by atoms with Crippen LogP contribution in [0.25, 0.3) is 10.9 Å². The number of hydrogen-bond donors (Lipinski definition) is 0. The molecule has 1 aromatic carbocycles. The summed E-state index contributed by atoms with van der Waals surface area (Å²) >= 11 is 0. The number of benzene rings is 1. The van der Waals surface area contributed by atoms with E-state index in [4.69, 9.17) is 0 Å². The van der Waals surface area contributed by atoms with E-state index in [0.717, 1.165) is 36.1 Å². The van der Waals surface area contributed by atoms with E-state index >= 15 is 0 Å². The van der Waals surface area contributed by atoms with Crippen molar-refractivity contribution in [1.29, 1.82) is 0 Å². The Kier molecular flexibility index (Phi) is 3.72. The Hall–Kier alpha value is -2.76. The van der Waals surface area contributed by atoms with Crippen LogP contribution in [0.15, 0.2) is 42.7 Å². The second-order valence-electron chi connectivity index (χ2n) is 6.09. The summed E-state index contributed by atoms with van der Waals surface area (Å²) in [6.07, 6.45) is 3.53. The number of amides is 1. The lowest BCUT2D eigenvalue weighted by atomic mass is 10.2. The third kappa shape index (κ3) is 2.54. The lowest BCUT2D eigenvalue weighted by Crippen LogP contribution is -2.30. The molecule has 0 bridgehead atoms. The lowest BCUT2D eigenvalue weighted by molar-refractivity contribution is 0.0782. The van der Waals surface area contributed by atoms with Crippen molar-refractivity contribution in [3.05, 3.63) is 54.2 Å². The summed E-state index contributed by atoms with van der Waals surface area (Å²) in [5.41, 5.74) is 1.36. The summed E-state index contributed by atoms with van der Waals surface area (Å²) in [6.45, 7) is 3.48. The van der Waals surface area contributed by atoms with Crippen LogP contribution in [-0.2, 0) is 6.42 Å². The first-order chi connectivity index (χ1) is 11.8. The van der Waals surface area contributed by atoms with Gasteiger partial charge in [-0.2, -0.15) is 0 Å². The van der Waals surface area contributed by atoms with Gasteiger partial charge in [0.15, 0.2) is 0 Å². The molecule has 1 amide bonds. The molecule has 122 valence electrons. The highest BCUT2D eigenvalue weighted by molar-refractivity contribution is 5.95. The van der Waals surface area contributed by atoms with Gasteiger partial charge in [0.25, 0.3) is 5.91 Å². The van der Waals surface area contributed by atoms with Crippen molar-refractivity contribution in [3.63, 3.8) is 0 Å². The molecule has 0 aliphatic carbocycles. The SMILES string of the molecule is CCc1nncn1C1CCN(C(=O)c2ccc3ccccc3n2)C1. The number of nitrogens with zero attached hydrogens (tertiary/aromatic N) is 5.